The van der Waals surface area contributed by atoms with Crippen LogP contribution in [0.4, 0.5) is 11.4 Å². The van der Waals surface area contributed by atoms with Crippen LogP contribution in [0.25, 0.3) is 0 Å². The lowest BCUT2D eigenvalue weighted by Crippen LogP contribution is -2.32. The van der Waals surface area contributed by atoms with Gasteiger partial charge in [-0.15, -0.1) is 0 Å². The van der Waals surface area contributed by atoms with Crippen LogP contribution in [0.1, 0.15) is 25.8 Å². The molecule has 0 spiro atoms. The zero-order valence-corrected chi connectivity index (χ0v) is 12.2. The van der Waals surface area contributed by atoms with Crippen LogP contribution in [0.5, 0.6) is 0 Å². The number of amides is 2. The Labute approximate surface area is 122 Å². The molecule has 0 aliphatic carbocycles. The Hall–Kier alpha value is -2.44. The number of nitrogens with one attached hydrogen (secondary N) is 1. The van der Waals surface area contributed by atoms with E-state index < -0.39 is 10.3 Å². The molecule has 1 heterocycles. The van der Waals surface area contributed by atoms with Crippen molar-refractivity contribution in [3.8, 4) is 0 Å². The molecular weight excluding hydrogens is 274 g/mol. The average Bonchev–Trinajstić information content (AvgIpc) is 2.60. The minimum absolute atomic E-state index is 0.0406. The van der Waals surface area contributed by atoms with Gasteiger partial charge in [0.1, 0.15) is 5.69 Å². The summed E-state index contributed by atoms with van der Waals surface area (Å²) in [6.45, 7) is 3.48. The fourth-order valence-corrected chi connectivity index (χ4v) is 2.52. The van der Waals surface area contributed by atoms with Crippen molar-refractivity contribution in [2.45, 2.75) is 26.8 Å². The van der Waals surface area contributed by atoms with Crippen molar-refractivity contribution < 1.29 is 14.5 Å². The van der Waals surface area contributed by atoms with Crippen molar-refractivity contribution in [1.82, 2.24) is 4.90 Å². The molecule has 0 atom stereocenters. The first-order chi connectivity index (χ1) is 9.77. The highest BCUT2D eigenvalue weighted by Crippen LogP contribution is 2.35. The van der Waals surface area contributed by atoms with Crippen LogP contribution in [0.15, 0.2) is 18.2 Å². The highest BCUT2D eigenvalue weighted by atomic mass is 16.6. The van der Waals surface area contributed by atoms with Gasteiger partial charge in [0.15, 0.2) is 0 Å². The summed E-state index contributed by atoms with van der Waals surface area (Å²) >= 11 is 0. The lowest BCUT2D eigenvalue weighted by molar-refractivity contribution is -0.384. The smallest absolute Gasteiger partial charge is 0.292 e. The molecule has 1 saturated heterocycles. The maximum absolute atomic E-state index is 12.2. The molecule has 0 saturated carbocycles. The second kappa shape index (κ2) is 5.16. The number of nitro benzene ring substituents is 1. The molecule has 0 unspecified atom stereocenters. The number of rotatable bonds is 4. The van der Waals surface area contributed by atoms with Crippen molar-refractivity contribution in [3.63, 3.8) is 0 Å². The SMILES string of the molecule is CNc1c(CN2C(=O)CC(C)(C)C2=O)cccc1[N+](=O)[O-]. The van der Waals surface area contributed by atoms with Gasteiger partial charge in [0.05, 0.1) is 16.9 Å². The second-order valence-corrected chi connectivity index (χ2v) is 5.66. The molecule has 0 radical (unpaired) electrons. The third-order valence-electron chi connectivity index (χ3n) is 3.62. The molecule has 21 heavy (non-hydrogen) atoms. The van der Waals surface area contributed by atoms with E-state index in [0.29, 0.717) is 11.3 Å². The number of imide groups is 1. The molecule has 2 rings (SSSR count). The molecule has 7 nitrogen and oxygen atoms in total. The fourth-order valence-electron chi connectivity index (χ4n) is 2.52. The van der Waals surface area contributed by atoms with Gasteiger partial charge in [-0.1, -0.05) is 26.0 Å². The molecule has 7 heteroatoms. The maximum Gasteiger partial charge on any atom is 0.292 e. The van der Waals surface area contributed by atoms with E-state index in [1.165, 1.54) is 11.0 Å². The molecule has 0 bridgehead atoms. The number of hydrogen-bond donors (Lipinski definition) is 1. The van der Waals surface area contributed by atoms with E-state index in [2.05, 4.69) is 5.32 Å². The number of carbonyl (C=O) groups is 2. The molecule has 112 valence electrons. The monoisotopic (exact) mass is 291 g/mol. The van der Waals surface area contributed by atoms with E-state index >= 15 is 0 Å². The van der Waals surface area contributed by atoms with Gasteiger partial charge in [0.2, 0.25) is 11.8 Å². The Morgan fingerprint density at radius 3 is 2.52 bits per heavy atom. The molecule has 1 aromatic rings. The molecule has 1 aromatic carbocycles. The Morgan fingerprint density at radius 1 is 1.38 bits per heavy atom. The summed E-state index contributed by atoms with van der Waals surface area (Å²) in [6.07, 6.45) is 0.162. The van der Waals surface area contributed by atoms with Crippen molar-refractivity contribution in [3.05, 3.63) is 33.9 Å². The first-order valence-corrected chi connectivity index (χ1v) is 6.57. The molecule has 1 aliphatic heterocycles. The van der Waals surface area contributed by atoms with Gasteiger partial charge in [-0.2, -0.15) is 0 Å². The van der Waals surface area contributed by atoms with E-state index in [9.17, 15) is 19.7 Å². The largest absolute Gasteiger partial charge is 0.382 e. The number of hydrogen-bond acceptors (Lipinski definition) is 5. The minimum atomic E-state index is -0.711. The molecule has 1 aliphatic rings. The van der Waals surface area contributed by atoms with E-state index in [-0.39, 0.29) is 30.5 Å². The van der Waals surface area contributed by atoms with Gasteiger partial charge in [0, 0.05) is 25.1 Å². The summed E-state index contributed by atoms with van der Waals surface area (Å²) in [6, 6.07) is 4.60. The van der Waals surface area contributed by atoms with Gasteiger partial charge in [0.25, 0.3) is 5.69 Å². The summed E-state index contributed by atoms with van der Waals surface area (Å²) in [7, 11) is 1.57. The molecule has 0 aromatic heterocycles. The summed E-state index contributed by atoms with van der Waals surface area (Å²) in [4.78, 5) is 35.9. The second-order valence-electron chi connectivity index (χ2n) is 5.66. The van der Waals surface area contributed by atoms with Crippen LogP contribution >= 0.6 is 0 Å². The first-order valence-electron chi connectivity index (χ1n) is 6.57. The summed E-state index contributed by atoms with van der Waals surface area (Å²) in [5.41, 5.74) is 0.0877. The molecular formula is C14H17N3O4. The lowest BCUT2D eigenvalue weighted by Gasteiger charge is -2.19. The number of para-hydroxylation sites is 1. The van der Waals surface area contributed by atoms with Gasteiger partial charge in [-0.05, 0) is 0 Å². The van der Waals surface area contributed by atoms with Crippen molar-refractivity contribution in [1.29, 1.82) is 0 Å². The van der Waals surface area contributed by atoms with Crippen LogP contribution in [0, 0.1) is 15.5 Å². The van der Waals surface area contributed by atoms with E-state index in [1.54, 1.807) is 33.0 Å². The molecule has 2 amide bonds. The minimum Gasteiger partial charge on any atom is -0.382 e. The highest BCUT2D eigenvalue weighted by molar-refractivity contribution is 6.05. The number of nitro groups is 1. The first kappa shape index (κ1) is 15.0. The summed E-state index contributed by atoms with van der Waals surface area (Å²) in [5.74, 6) is -0.500. The van der Waals surface area contributed by atoms with Crippen LogP contribution in [0.3, 0.4) is 0 Å². The number of anilines is 1. The standard InChI is InChI=1S/C14H17N3O4/c1-14(2)7-11(18)16(13(14)19)8-9-5-4-6-10(17(20)21)12(9)15-3/h4-6,15H,7-8H2,1-3H3. The zero-order valence-electron chi connectivity index (χ0n) is 12.2. The Bertz CT molecular complexity index is 625. The quantitative estimate of drug-likeness (QED) is 0.519. The number of likely N-dealkylation sites (tertiary alicyclic amines) is 1. The lowest BCUT2D eigenvalue weighted by atomic mass is 9.92. The average molecular weight is 291 g/mol. The van der Waals surface area contributed by atoms with E-state index in [1.807, 2.05) is 0 Å². The van der Waals surface area contributed by atoms with Gasteiger partial charge < -0.3 is 5.32 Å². The van der Waals surface area contributed by atoms with Gasteiger partial charge >= 0.3 is 0 Å². The van der Waals surface area contributed by atoms with Crippen molar-refractivity contribution in [2.24, 2.45) is 5.41 Å². The van der Waals surface area contributed by atoms with E-state index in [0.717, 1.165) is 0 Å². The van der Waals surface area contributed by atoms with Crippen molar-refractivity contribution in [2.75, 3.05) is 12.4 Å². The Kier molecular flexibility index (Phi) is 3.67. The fraction of sp³-hybridized carbons (Fsp3) is 0.429. The topological polar surface area (TPSA) is 92.6 Å². The van der Waals surface area contributed by atoms with Crippen molar-refractivity contribution >= 4 is 23.2 Å². The van der Waals surface area contributed by atoms with Crippen LogP contribution in [-0.4, -0.2) is 28.7 Å². The summed E-state index contributed by atoms with van der Waals surface area (Å²) in [5, 5.41) is 13.8. The van der Waals surface area contributed by atoms with Gasteiger partial charge in [-0.25, -0.2) is 0 Å². The number of nitrogens with zero attached hydrogens (tertiary/aromatic N) is 2. The van der Waals surface area contributed by atoms with Crippen LogP contribution in [-0.2, 0) is 16.1 Å². The predicted molar refractivity (Wildman–Crippen MR) is 76.6 cm³/mol. The molecule has 1 N–H and O–H groups in total. The van der Waals surface area contributed by atoms with E-state index in [4.69, 9.17) is 0 Å². The number of carbonyl (C=O) groups excluding carboxylic acids is 2. The Morgan fingerprint density at radius 2 is 2.05 bits per heavy atom. The number of benzene rings is 1. The zero-order chi connectivity index (χ0) is 15.8. The van der Waals surface area contributed by atoms with Gasteiger partial charge in [-0.3, -0.25) is 24.6 Å². The third kappa shape index (κ3) is 2.58. The van der Waals surface area contributed by atoms with Crippen LogP contribution < -0.4 is 5.32 Å². The normalized spacial score (nSPS) is 17.2. The molecule has 1 fully saturated rings. The summed E-state index contributed by atoms with van der Waals surface area (Å²) < 4.78 is 0. The predicted octanol–water partition coefficient (Wildman–Crippen LogP) is 1.92. The third-order valence-corrected chi connectivity index (χ3v) is 3.62. The highest BCUT2D eigenvalue weighted by Gasteiger charge is 2.44. The van der Waals surface area contributed by atoms with Crippen LogP contribution in [0.2, 0.25) is 0 Å². The Balaban J connectivity index is 2.37. The maximum atomic E-state index is 12.2.